The van der Waals surface area contributed by atoms with Gasteiger partial charge in [-0.05, 0) is 25.5 Å². The molecule has 0 aliphatic carbocycles. The van der Waals surface area contributed by atoms with Crippen LogP contribution >= 0.6 is 0 Å². The molecule has 1 heterocycles. The zero-order valence-corrected chi connectivity index (χ0v) is 8.70. The number of hydrogen-bond donors (Lipinski definition) is 2. The molecule has 0 radical (unpaired) electrons. The summed E-state index contributed by atoms with van der Waals surface area (Å²) in [5, 5.41) is 8.86. The molecule has 0 saturated heterocycles. The maximum Gasteiger partial charge on any atom is 0.128 e. The Bertz CT molecular complexity index is 301. The van der Waals surface area contributed by atoms with Crippen LogP contribution < -0.4 is 10.6 Å². The Balaban J connectivity index is 2.88. The first-order valence-electron chi connectivity index (χ1n) is 4.77. The van der Waals surface area contributed by atoms with Gasteiger partial charge in [-0.15, -0.1) is 0 Å². The first kappa shape index (κ1) is 10.8. The van der Waals surface area contributed by atoms with Gasteiger partial charge < -0.3 is 15.7 Å². The van der Waals surface area contributed by atoms with E-state index in [1.807, 2.05) is 24.8 Å². The van der Waals surface area contributed by atoms with Gasteiger partial charge >= 0.3 is 0 Å². The van der Waals surface area contributed by atoms with E-state index in [1.165, 1.54) is 0 Å². The molecule has 3 N–H and O–H groups in total. The molecule has 78 valence electrons. The van der Waals surface area contributed by atoms with Crippen molar-refractivity contribution in [2.75, 3.05) is 30.3 Å². The molecule has 1 aromatic heterocycles. The number of pyridine rings is 1. The van der Waals surface area contributed by atoms with E-state index in [4.69, 9.17) is 10.8 Å². The minimum Gasteiger partial charge on any atom is -0.397 e. The molecule has 0 unspecified atom stereocenters. The van der Waals surface area contributed by atoms with Crippen molar-refractivity contribution in [2.24, 2.45) is 0 Å². The summed E-state index contributed by atoms with van der Waals surface area (Å²) < 4.78 is 0. The van der Waals surface area contributed by atoms with Crippen molar-refractivity contribution in [1.82, 2.24) is 4.98 Å². The average molecular weight is 195 g/mol. The van der Waals surface area contributed by atoms with E-state index in [1.54, 1.807) is 6.20 Å². The molecule has 1 aromatic rings. The molecule has 0 fully saturated rings. The first-order chi connectivity index (χ1) is 6.69. The number of likely N-dealkylation sites (N-methyl/N-ethyl adjacent to an activating group) is 1. The smallest absolute Gasteiger partial charge is 0.128 e. The first-order valence-corrected chi connectivity index (χ1v) is 4.77. The summed E-state index contributed by atoms with van der Waals surface area (Å²) in [7, 11) is 0. The highest BCUT2D eigenvalue weighted by Crippen LogP contribution is 2.16. The SMILES string of the molecule is CCN(CCO)c1cc(C)c(N)cn1. The summed E-state index contributed by atoms with van der Waals surface area (Å²) in [6, 6.07) is 1.94. The van der Waals surface area contributed by atoms with E-state index in [9.17, 15) is 0 Å². The molecule has 0 bridgehead atoms. The molecule has 0 aromatic carbocycles. The van der Waals surface area contributed by atoms with Gasteiger partial charge in [0.05, 0.1) is 18.5 Å². The van der Waals surface area contributed by atoms with Crippen LogP contribution in [0.5, 0.6) is 0 Å². The standard InChI is InChI=1S/C10H17N3O/c1-3-13(4-5-14)10-6-8(2)9(11)7-12-10/h6-7,14H,3-5,11H2,1-2H3. The Morgan fingerprint density at radius 2 is 2.29 bits per heavy atom. The Hall–Kier alpha value is -1.29. The monoisotopic (exact) mass is 195 g/mol. The number of nitrogen functional groups attached to an aromatic ring is 1. The number of hydrogen-bond acceptors (Lipinski definition) is 4. The fourth-order valence-electron chi connectivity index (χ4n) is 1.28. The van der Waals surface area contributed by atoms with E-state index in [-0.39, 0.29) is 6.61 Å². The topological polar surface area (TPSA) is 62.4 Å². The molecule has 4 heteroatoms. The normalized spacial score (nSPS) is 10.2. The van der Waals surface area contributed by atoms with Gasteiger partial charge in [-0.25, -0.2) is 4.98 Å². The summed E-state index contributed by atoms with van der Waals surface area (Å²) in [4.78, 5) is 6.23. The van der Waals surface area contributed by atoms with Crippen molar-refractivity contribution < 1.29 is 5.11 Å². The Morgan fingerprint density at radius 3 is 2.79 bits per heavy atom. The molecule has 0 spiro atoms. The minimum absolute atomic E-state index is 0.138. The van der Waals surface area contributed by atoms with Crippen LogP contribution in [0, 0.1) is 6.92 Å². The van der Waals surface area contributed by atoms with Crippen LogP contribution in [0.3, 0.4) is 0 Å². The lowest BCUT2D eigenvalue weighted by Crippen LogP contribution is -2.27. The summed E-state index contributed by atoms with van der Waals surface area (Å²) >= 11 is 0. The zero-order valence-electron chi connectivity index (χ0n) is 8.70. The minimum atomic E-state index is 0.138. The van der Waals surface area contributed by atoms with Crippen molar-refractivity contribution in [3.63, 3.8) is 0 Å². The lowest BCUT2D eigenvalue weighted by Gasteiger charge is -2.21. The largest absolute Gasteiger partial charge is 0.397 e. The maximum absolute atomic E-state index is 8.86. The second kappa shape index (κ2) is 4.81. The summed E-state index contributed by atoms with van der Waals surface area (Å²) in [5.74, 6) is 0.869. The van der Waals surface area contributed by atoms with Gasteiger partial charge in [-0.1, -0.05) is 0 Å². The predicted molar refractivity (Wildman–Crippen MR) is 58.4 cm³/mol. The van der Waals surface area contributed by atoms with Crippen LogP contribution in [0.2, 0.25) is 0 Å². The van der Waals surface area contributed by atoms with Crippen LogP contribution in [0.4, 0.5) is 11.5 Å². The molecule has 0 aliphatic rings. The van der Waals surface area contributed by atoms with Crippen LogP contribution in [0.1, 0.15) is 12.5 Å². The van der Waals surface area contributed by atoms with Gasteiger partial charge in [0.25, 0.3) is 0 Å². The van der Waals surface area contributed by atoms with E-state index >= 15 is 0 Å². The molecule has 0 atom stereocenters. The lowest BCUT2D eigenvalue weighted by molar-refractivity contribution is 0.302. The highest BCUT2D eigenvalue weighted by atomic mass is 16.3. The molecule has 4 nitrogen and oxygen atoms in total. The maximum atomic E-state index is 8.86. The number of aliphatic hydroxyl groups excluding tert-OH is 1. The van der Waals surface area contributed by atoms with Gasteiger partial charge in [-0.3, -0.25) is 0 Å². The fourth-order valence-corrected chi connectivity index (χ4v) is 1.28. The summed E-state index contributed by atoms with van der Waals surface area (Å²) in [6.07, 6.45) is 1.66. The lowest BCUT2D eigenvalue weighted by atomic mass is 10.2. The highest BCUT2D eigenvalue weighted by Gasteiger charge is 2.05. The van der Waals surface area contributed by atoms with E-state index in [2.05, 4.69) is 4.98 Å². The molecular formula is C10H17N3O. The molecule has 0 aliphatic heterocycles. The van der Waals surface area contributed by atoms with Crippen molar-refractivity contribution in [1.29, 1.82) is 0 Å². The molecule has 0 amide bonds. The third-order valence-corrected chi connectivity index (χ3v) is 2.21. The molecule has 14 heavy (non-hydrogen) atoms. The van der Waals surface area contributed by atoms with Crippen LogP contribution in [0.15, 0.2) is 12.3 Å². The van der Waals surface area contributed by atoms with Crippen molar-refractivity contribution in [2.45, 2.75) is 13.8 Å². The number of nitrogens with two attached hydrogens (primary N) is 1. The van der Waals surface area contributed by atoms with E-state index in [0.717, 1.165) is 17.9 Å². The van der Waals surface area contributed by atoms with Crippen LogP contribution in [-0.4, -0.2) is 29.8 Å². The second-order valence-corrected chi connectivity index (χ2v) is 3.20. The Kier molecular flexibility index (Phi) is 3.71. The average Bonchev–Trinajstić information content (AvgIpc) is 2.19. The number of rotatable bonds is 4. The molecular weight excluding hydrogens is 178 g/mol. The summed E-state index contributed by atoms with van der Waals surface area (Å²) in [6.45, 7) is 5.55. The van der Waals surface area contributed by atoms with Crippen molar-refractivity contribution in [3.05, 3.63) is 17.8 Å². The van der Waals surface area contributed by atoms with Gasteiger partial charge in [0.1, 0.15) is 5.82 Å². The van der Waals surface area contributed by atoms with Gasteiger partial charge in [0, 0.05) is 13.1 Å². The van der Waals surface area contributed by atoms with Crippen molar-refractivity contribution in [3.8, 4) is 0 Å². The third-order valence-electron chi connectivity index (χ3n) is 2.21. The third kappa shape index (κ3) is 2.35. The second-order valence-electron chi connectivity index (χ2n) is 3.20. The highest BCUT2D eigenvalue weighted by molar-refractivity contribution is 5.52. The van der Waals surface area contributed by atoms with Gasteiger partial charge in [-0.2, -0.15) is 0 Å². The van der Waals surface area contributed by atoms with Gasteiger partial charge in [0.15, 0.2) is 0 Å². The van der Waals surface area contributed by atoms with E-state index < -0.39 is 0 Å². The molecule has 1 rings (SSSR count). The molecule has 0 saturated carbocycles. The fraction of sp³-hybridized carbons (Fsp3) is 0.500. The van der Waals surface area contributed by atoms with Crippen molar-refractivity contribution >= 4 is 11.5 Å². The van der Waals surface area contributed by atoms with Gasteiger partial charge in [0.2, 0.25) is 0 Å². The number of aliphatic hydroxyl groups is 1. The summed E-state index contributed by atoms with van der Waals surface area (Å²) in [5.41, 5.74) is 7.40. The van der Waals surface area contributed by atoms with Crippen LogP contribution in [0.25, 0.3) is 0 Å². The van der Waals surface area contributed by atoms with Crippen LogP contribution in [-0.2, 0) is 0 Å². The predicted octanol–water partition coefficient (Wildman–Crippen LogP) is 0.791. The Morgan fingerprint density at radius 1 is 1.57 bits per heavy atom. The Labute approximate surface area is 84.4 Å². The zero-order chi connectivity index (χ0) is 10.6. The number of aryl methyl sites for hydroxylation is 1. The number of anilines is 2. The number of aromatic nitrogens is 1. The number of nitrogens with zero attached hydrogens (tertiary/aromatic N) is 2. The van der Waals surface area contributed by atoms with E-state index in [0.29, 0.717) is 12.2 Å². The quantitative estimate of drug-likeness (QED) is 0.745.